The van der Waals surface area contributed by atoms with Crippen LogP contribution in [0, 0.1) is 0 Å². The number of pyridine rings is 1. The van der Waals surface area contributed by atoms with Crippen LogP contribution in [-0.2, 0) is 0 Å². The van der Waals surface area contributed by atoms with Crippen LogP contribution in [0.5, 0.6) is 5.75 Å². The quantitative estimate of drug-likeness (QED) is 0.253. The molecule has 0 spiro atoms. The summed E-state index contributed by atoms with van der Waals surface area (Å²) in [7, 11) is 0. The average molecular weight is 492 g/mol. The minimum absolute atomic E-state index is 0.243. The highest BCUT2D eigenvalue weighted by Gasteiger charge is 2.17. The molecule has 1 saturated heterocycles. The molecule has 0 unspecified atom stereocenters. The maximum atomic E-state index is 6.23. The lowest BCUT2D eigenvalue weighted by molar-refractivity contribution is 0.162. The van der Waals surface area contributed by atoms with Crippen molar-refractivity contribution in [1.29, 1.82) is 0 Å². The minimum Gasteiger partial charge on any atom is -0.489 e. The molecule has 6 aromatic rings. The standard InChI is InChI=1S/C29H25N5OS/c1-3-22(28-5-2-12-36-28)23-15-27(32-25(23)4-1)29-24-14-18(6-7-26(24)33-34-29)19-13-21(17-31-16-19)35-20-8-10-30-11-9-20/h1-7,12-17,20,30,32H,8-11H2,(H,33,34). The molecule has 2 aromatic carbocycles. The lowest BCUT2D eigenvalue weighted by Crippen LogP contribution is -2.34. The van der Waals surface area contributed by atoms with E-state index in [1.54, 1.807) is 11.3 Å². The molecule has 1 aliphatic rings. The van der Waals surface area contributed by atoms with Crippen molar-refractivity contribution in [1.82, 2.24) is 25.5 Å². The van der Waals surface area contributed by atoms with Gasteiger partial charge in [-0.15, -0.1) is 11.3 Å². The molecule has 3 N–H and O–H groups in total. The first kappa shape index (κ1) is 21.4. The van der Waals surface area contributed by atoms with Crippen LogP contribution in [-0.4, -0.2) is 39.4 Å². The molecule has 4 aromatic heterocycles. The zero-order chi connectivity index (χ0) is 23.9. The molecule has 36 heavy (non-hydrogen) atoms. The van der Waals surface area contributed by atoms with E-state index in [1.165, 1.54) is 15.8 Å². The largest absolute Gasteiger partial charge is 0.489 e. The smallest absolute Gasteiger partial charge is 0.138 e. The summed E-state index contributed by atoms with van der Waals surface area (Å²) in [5.74, 6) is 0.823. The Morgan fingerprint density at radius 1 is 0.861 bits per heavy atom. The number of H-pyrrole nitrogens is 2. The minimum atomic E-state index is 0.243. The predicted molar refractivity (Wildman–Crippen MR) is 146 cm³/mol. The highest BCUT2D eigenvalue weighted by Crippen LogP contribution is 2.36. The monoisotopic (exact) mass is 491 g/mol. The number of hydrogen-bond donors (Lipinski definition) is 3. The molecule has 7 heteroatoms. The van der Waals surface area contributed by atoms with Crippen molar-refractivity contribution in [2.75, 3.05) is 13.1 Å². The van der Waals surface area contributed by atoms with Crippen LogP contribution < -0.4 is 10.1 Å². The van der Waals surface area contributed by atoms with E-state index in [9.17, 15) is 0 Å². The van der Waals surface area contributed by atoms with Gasteiger partial charge in [0.2, 0.25) is 0 Å². The van der Waals surface area contributed by atoms with E-state index in [4.69, 9.17) is 4.74 Å². The van der Waals surface area contributed by atoms with Gasteiger partial charge in [-0.25, -0.2) is 0 Å². The van der Waals surface area contributed by atoms with Crippen LogP contribution in [0.2, 0.25) is 0 Å². The third-order valence-electron chi connectivity index (χ3n) is 6.90. The molecule has 0 aliphatic carbocycles. The first-order valence-electron chi connectivity index (χ1n) is 12.3. The summed E-state index contributed by atoms with van der Waals surface area (Å²) >= 11 is 1.76. The van der Waals surface area contributed by atoms with Gasteiger partial charge in [0, 0.05) is 38.5 Å². The number of piperidine rings is 1. The van der Waals surface area contributed by atoms with Gasteiger partial charge in [0.05, 0.1) is 17.4 Å². The topological polar surface area (TPSA) is 78.6 Å². The Bertz CT molecular complexity index is 1660. The predicted octanol–water partition coefficient (Wildman–Crippen LogP) is 6.63. The summed E-state index contributed by atoms with van der Waals surface area (Å²) in [6.45, 7) is 2.00. The molecule has 7 rings (SSSR count). The number of rotatable bonds is 5. The molecule has 1 fully saturated rings. The number of thiophene rings is 1. The molecule has 0 bridgehead atoms. The van der Waals surface area contributed by atoms with Crippen molar-refractivity contribution in [3.63, 3.8) is 0 Å². The van der Waals surface area contributed by atoms with Gasteiger partial charge in [0.25, 0.3) is 0 Å². The Labute approximate surface area is 212 Å². The molecule has 5 heterocycles. The number of benzene rings is 2. The number of hydrogen-bond acceptors (Lipinski definition) is 5. The number of nitrogens with one attached hydrogen (secondary N) is 3. The van der Waals surface area contributed by atoms with Gasteiger partial charge in [-0.05, 0) is 73.3 Å². The van der Waals surface area contributed by atoms with Gasteiger partial charge >= 0.3 is 0 Å². The Hall–Kier alpha value is -3.94. The van der Waals surface area contributed by atoms with Crippen LogP contribution >= 0.6 is 11.3 Å². The molecule has 0 amide bonds. The molecule has 6 nitrogen and oxygen atoms in total. The number of aromatic amines is 2. The summed E-state index contributed by atoms with van der Waals surface area (Å²) in [5.41, 5.74) is 7.38. The van der Waals surface area contributed by atoms with E-state index >= 15 is 0 Å². The Morgan fingerprint density at radius 3 is 2.69 bits per heavy atom. The zero-order valence-corrected chi connectivity index (χ0v) is 20.4. The van der Waals surface area contributed by atoms with E-state index in [0.29, 0.717) is 0 Å². The van der Waals surface area contributed by atoms with Crippen molar-refractivity contribution in [3.8, 4) is 38.7 Å². The van der Waals surface area contributed by atoms with Crippen molar-refractivity contribution < 1.29 is 4.74 Å². The molecular weight excluding hydrogens is 466 g/mol. The highest BCUT2D eigenvalue weighted by molar-refractivity contribution is 7.13. The van der Waals surface area contributed by atoms with E-state index in [1.807, 2.05) is 12.4 Å². The summed E-state index contributed by atoms with van der Waals surface area (Å²) in [4.78, 5) is 9.32. The maximum absolute atomic E-state index is 6.23. The second-order valence-electron chi connectivity index (χ2n) is 9.24. The first-order valence-corrected chi connectivity index (χ1v) is 13.2. The van der Waals surface area contributed by atoms with E-state index < -0.39 is 0 Å². The van der Waals surface area contributed by atoms with Gasteiger partial charge in [-0.2, -0.15) is 5.10 Å². The van der Waals surface area contributed by atoms with Crippen molar-refractivity contribution in [3.05, 3.63) is 78.4 Å². The van der Waals surface area contributed by atoms with Crippen LogP contribution in [0.4, 0.5) is 0 Å². The highest BCUT2D eigenvalue weighted by atomic mass is 32.1. The molecule has 0 saturated carbocycles. The van der Waals surface area contributed by atoms with E-state index in [-0.39, 0.29) is 6.10 Å². The van der Waals surface area contributed by atoms with Gasteiger partial charge in [-0.3, -0.25) is 10.1 Å². The maximum Gasteiger partial charge on any atom is 0.138 e. The van der Waals surface area contributed by atoms with Crippen molar-refractivity contribution in [2.24, 2.45) is 0 Å². The Balaban J connectivity index is 1.26. The fourth-order valence-corrected chi connectivity index (χ4v) is 5.84. The fourth-order valence-electron chi connectivity index (χ4n) is 5.08. The lowest BCUT2D eigenvalue weighted by Gasteiger charge is -2.23. The lowest BCUT2D eigenvalue weighted by atomic mass is 10.0. The molecular formula is C29H25N5OS. The molecule has 1 aliphatic heterocycles. The van der Waals surface area contributed by atoms with Crippen LogP contribution in [0.15, 0.2) is 78.4 Å². The van der Waals surface area contributed by atoms with E-state index in [0.717, 1.165) is 70.6 Å². The summed E-state index contributed by atoms with van der Waals surface area (Å²) < 4.78 is 6.23. The second kappa shape index (κ2) is 8.93. The Kier molecular flexibility index (Phi) is 5.30. The third kappa shape index (κ3) is 3.86. The van der Waals surface area contributed by atoms with Crippen LogP contribution in [0.3, 0.4) is 0 Å². The molecule has 0 radical (unpaired) electrons. The van der Waals surface area contributed by atoms with Gasteiger partial charge < -0.3 is 15.0 Å². The van der Waals surface area contributed by atoms with Gasteiger partial charge in [-0.1, -0.05) is 24.3 Å². The van der Waals surface area contributed by atoms with Gasteiger partial charge in [0.15, 0.2) is 0 Å². The SMILES string of the molecule is c1csc(-c2cccc3[nH]c(-c4n[nH]c5ccc(-c6cncc(OC7CCNCC7)c6)cc45)cc23)c1. The third-order valence-corrected chi connectivity index (χ3v) is 7.81. The molecule has 178 valence electrons. The number of ether oxygens (including phenoxy) is 1. The summed E-state index contributed by atoms with van der Waals surface area (Å²) in [6.07, 6.45) is 5.99. The van der Waals surface area contributed by atoms with Crippen molar-refractivity contribution in [2.45, 2.75) is 18.9 Å². The summed E-state index contributed by atoms with van der Waals surface area (Å²) in [5, 5.41) is 15.7. The Morgan fingerprint density at radius 2 is 1.81 bits per heavy atom. The normalized spacial score (nSPS) is 14.6. The van der Waals surface area contributed by atoms with Crippen LogP contribution in [0.1, 0.15) is 12.8 Å². The van der Waals surface area contributed by atoms with Crippen molar-refractivity contribution >= 4 is 33.1 Å². The van der Waals surface area contributed by atoms with E-state index in [2.05, 4.69) is 91.5 Å². The average Bonchev–Trinajstić information content (AvgIpc) is 3.68. The molecule has 0 atom stereocenters. The number of fused-ring (bicyclic) bond motifs is 2. The zero-order valence-electron chi connectivity index (χ0n) is 19.6. The van der Waals surface area contributed by atoms with Crippen LogP contribution in [0.25, 0.3) is 54.8 Å². The number of nitrogens with zero attached hydrogens (tertiary/aromatic N) is 2. The van der Waals surface area contributed by atoms with Gasteiger partial charge in [0.1, 0.15) is 17.5 Å². The number of aromatic nitrogens is 4. The summed E-state index contributed by atoms with van der Waals surface area (Å²) in [6, 6.07) is 21.3. The first-order chi connectivity index (χ1) is 17.8. The second-order valence-corrected chi connectivity index (χ2v) is 10.2. The fraction of sp³-hybridized carbons (Fsp3) is 0.172.